The van der Waals surface area contributed by atoms with E-state index in [-0.39, 0.29) is 23.0 Å². The minimum absolute atomic E-state index is 0.249. The molecule has 0 saturated carbocycles. The van der Waals surface area contributed by atoms with Crippen molar-refractivity contribution in [3.63, 3.8) is 0 Å². The number of fused-ring (bicyclic) bond motifs is 5. The van der Waals surface area contributed by atoms with Crippen molar-refractivity contribution in [1.82, 2.24) is 4.90 Å². The number of methoxy groups -OCH3 is 2. The Hall–Kier alpha value is -4.69. The number of nitrogens with one attached hydrogen (secondary N) is 1. The van der Waals surface area contributed by atoms with Crippen LogP contribution in [0, 0.1) is 5.92 Å². The number of carbonyl (C=O) groups is 3. The van der Waals surface area contributed by atoms with E-state index in [1.807, 2.05) is 65.7 Å². The maximum Gasteiger partial charge on any atom is 0.238 e. The van der Waals surface area contributed by atoms with Gasteiger partial charge in [0.15, 0.2) is 11.6 Å². The Kier molecular flexibility index (Phi) is 6.47. The second-order valence-corrected chi connectivity index (χ2v) is 11.8. The van der Waals surface area contributed by atoms with Gasteiger partial charge in [-0.05, 0) is 59.2 Å². The van der Waals surface area contributed by atoms with E-state index < -0.39 is 23.4 Å². The van der Waals surface area contributed by atoms with Crippen molar-refractivity contribution in [2.45, 2.75) is 17.5 Å². The van der Waals surface area contributed by atoms with Crippen LogP contribution in [-0.2, 0) is 10.2 Å². The van der Waals surface area contributed by atoms with Crippen LogP contribution < -0.4 is 14.8 Å². The lowest BCUT2D eigenvalue weighted by Crippen LogP contribution is -2.54. The lowest BCUT2D eigenvalue weighted by molar-refractivity contribution is -0.122. The molecule has 1 N–H and O–H groups in total. The first-order valence-electron chi connectivity index (χ1n) is 13.9. The fourth-order valence-corrected chi connectivity index (χ4v) is 7.39. The molecule has 214 valence electrons. The molecule has 4 atom stereocenters. The maximum absolute atomic E-state index is 15.1. The summed E-state index contributed by atoms with van der Waals surface area (Å²) in [5.74, 6) is -1.09. The highest BCUT2D eigenvalue weighted by Gasteiger charge is 2.71. The monoisotopic (exact) mass is 634 g/mol. The van der Waals surface area contributed by atoms with E-state index in [9.17, 15) is 9.59 Å². The number of Topliss-reactive ketones (excluding diaryl/α,β-unsaturated/α-hetero) is 2. The molecule has 8 heteroatoms. The lowest BCUT2D eigenvalue weighted by Gasteiger charge is -2.35. The standard InChI is InChI=1S/C35H27BrN2O5/c1-42-23-15-16-28(43-2)25(19-23)32(40)29-30-24-8-4-3-7-20(24)17-18-38(30)33(31(39)21-11-13-22(36)14-12-21)35(29)26-9-5-6-10-27(26)37-34(35)41/h3-19,29-30,33H,1-2H3,(H,37,41). The number of hydrogen-bond donors (Lipinski definition) is 1. The minimum atomic E-state index is -1.56. The molecule has 0 aromatic heterocycles. The Bertz CT molecular complexity index is 1830. The Balaban J connectivity index is 1.55. The third kappa shape index (κ3) is 3.89. The first-order valence-corrected chi connectivity index (χ1v) is 14.7. The van der Waals surface area contributed by atoms with Crippen molar-refractivity contribution in [3.8, 4) is 11.5 Å². The summed E-state index contributed by atoms with van der Waals surface area (Å²) in [5, 5.41) is 3.04. The van der Waals surface area contributed by atoms with Gasteiger partial charge in [0.25, 0.3) is 0 Å². The first-order chi connectivity index (χ1) is 20.9. The quantitative estimate of drug-likeness (QED) is 0.246. The molecule has 1 saturated heterocycles. The fraction of sp³-hybridized carbons (Fsp3) is 0.171. The Labute approximate surface area is 257 Å². The average Bonchev–Trinajstić information content (AvgIpc) is 3.52. The summed E-state index contributed by atoms with van der Waals surface area (Å²) >= 11 is 3.46. The zero-order valence-electron chi connectivity index (χ0n) is 23.4. The van der Waals surface area contributed by atoms with Crippen molar-refractivity contribution in [2.75, 3.05) is 19.5 Å². The van der Waals surface area contributed by atoms with Gasteiger partial charge in [0.05, 0.1) is 31.7 Å². The van der Waals surface area contributed by atoms with Crippen LogP contribution in [0.2, 0.25) is 0 Å². The SMILES string of the molecule is COc1ccc(OC)c(C(=O)C2C3c4ccccc4C=CN3C(C(=O)c3ccc(Br)cc3)C23C(=O)Nc2ccccc23)c1. The molecule has 0 radical (unpaired) electrons. The van der Waals surface area contributed by atoms with Crippen molar-refractivity contribution in [1.29, 1.82) is 0 Å². The number of anilines is 1. The highest BCUT2D eigenvalue weighted by atomic mass is 79.9. The molecule has 0 bridgehead atoms. The smallest absolute Gasteiger partial charge is 0.238 e. The second-order valence-electron chi connectivity index (χ2n) is 10.9. The summed E-state index contributed by atoms with van der Waals surface area (Å²) in [5.41, 5.74) is 2.18. The Morgan fingerprint density at radius 2 is 1.63 bits per heavy atom. The topological polar surface area (TPSA) is 84.9 Å². The van der Waals surface area contributed by atoms with Gasteiger partial charge in [-0.15, -0.1) is 0 Å². The zero-order valence-corrected chi connectivity index (χ0v) is 25.0. The number of rotatable bonds is 6. The van der Waals surface area contributed by atoms with Crippen molar-refractivity contribution in [3.05, 3.63) is 129 Å². The van der Waals surface area contributed by atoms with Crippen LogP contribution in [0.3, 0.4) is 0 Å². The van der Waals surface area contributed by atoms with E-state index in [1.54, 1.807) is 42.5 Å². The van der Waals surface area contributed by atoms with Crippen molar-refractivity contribution >= 4 is 45.2 Å². The number of para-hydroxylation sites is 1. The maximum atomic E-state index is 15.1. The van der Waals surface area contributed by atoms with Crippen LogP contribution in [0.5, 0.6) is 11.5 Å². The van der Waals surface area contributed by atoms with Crippen LogP contribution in [0.1, 0.15) is 43.4 Å². The Morgan fingerprint density at radius 3 is 2.40 bits per heavy atom. The molecule has 3 aliphatic rings. The number of ether oxygens (including phenoxy) is 2. The van der Waals surface area contributed by atoms with Gasteiger partial charge in [-0.1, -0.05) is 70.5 Å². The third-order valence-electron chi connectivity index (χ3n) is 8.93. The summed E-state index contributed by atoms with van der Waals surface area (Å²) in [6.45, 7) is 0. The van der Waals surface area contributed by atoms with Crippen LogP contribution in [0.15, 0.2) is 102 Å². The van der Waals surface area contributed by atoms with Gasteiger partial charge >= 0.3 is 0 Å². The highest BCUT2D eigenvalue weighted by Crippen LogP contribution is 2.61. The summed E-state index contributed by atoms with van der Waals surface area (Å²) < 4.78 is 12.0. The summed E-state index contributed by atoms with van der Waals surface area (Å²) in [6, 6.07) is 25.7. The largest absolute Gasteiger partial charge is 0.497 e. The molecule has 7 nitrogen and oxygen atoms in total. The van der Waals surface area contributed by atoms with E-state index in [0.29, 0.717) is 28.3 Å². The van der Waals surface area contributed by atoms with E-state index in [4.69, 9.17) is 9.47 Å². The summed E-state index contributed by atoms with van der Waals surface area (Å²) in [7, 11) is 3.04. The second kappa shape index (κ2) is 10.2. The molecule has 4 unspecified atom stereocenters. The lowest BCUT2D eigenvalue weighted by atomic mass is 9.63. The van der Waals surface area contributed by atoms with Crippen LogP contribution in [0.4, 0.5) is 5.69 Å². The number of halogens is 1. The number of carbonyl (C=O) groups excluding carboxylic acids is 3. The molecule has 1 amide bonds. The predicted octanol–water partition coefficient (Wildman–Crippen LogP) is 6.45. The van der Waals surface area contributed by atoms with Crippen molar-refractivity contribution in [2.24, 2.45) is 5.92 Å². The summed E-state index contributed by atoms with van der Waals surface area (Å²) in [4.78, 5) is 46.4. The molecule has 1 fully saturated rings. The molecule has 7 rings (SSSR count). The van der Waals surface area contributed by atoms with E-state index >= 15 is 4.79 Å². The normalized spacial score (nSPS) is 22.9. The van der Waals surface area contributed by atoms with E-state index in [1.165, 1.54) is 14.2 Å². The summed E-state index contributed by atoms with van der Waals surface area (Å²) in [6.07, 6.45) is 3.81. The Morgan fingerprint density at radius 1 is 0.884 bits per heavy atom. The van der Waals surface area contributed by atoms with Gasteiger partial charge in [0.1, 0.15) is 23.0 Å². The van der Waals surface area contributed by atoms with Gasteiger partial charge < -0.3 is 19.7 Å². The zero-order chi connectivity index (χ0) is 29.9. The molecule has 3 aliphatic heterocycles. The molecular weight excluding hydrogens is 608 g/mol. The molecule has 43 heavy (non-hydrogen) atoms. The number of hydrogen-bond acceptors (Lipinski definition) is 6. The van der Waals surface area contributed by atoms with Gasteiger partial charge in [0.2, 0.25) is 5.91 Å². The first kappa shape index (κ1) is 27.2. The fourth-order valence-electron chi connectivity index (χ4n) is 7.12. The highest BCUT2D eigenvalue weighted by molar-refractivity contribution is 9.10. The average molecular weight is 636 g/mol. The molecule has 3 heterocycles. The van der Waals surface area contributed by atoms with Crippen LogP contribution in [0.25, 0.3) is 6.08 Å². The number of amides is 1. The van der Waals surface area contributed by atoms with Gasteiger partial charge in [-0.25, -0.2) is 0 Å². The molecule has 4 aromatic carbocycles. The van der Waals surface area contributed by atoms with Gasteiger partial charge in [0, 0.05) is 21.9 Å². The van der Waals surface area contributed by atoms with Crippen LogP contribution in [-0.4, -0.2) is 42.6 Å². The number of ketones is 2. The molecule has 0 aliphatic carbocycles. The van der Waals surface area contributed by atoms with Crippen LogP contribution >= 0.6 is 15.9 Å². The number of nitrogens with zero attached hydrogens (tertiary/aromatic N) is 1. The van der Waals surface area contributed by atoms with Gasteiger partial charge in [-0.2, -0.15) is 0 Å². The molecule has 4 aromatic rings. The van der Waals surface area contributed by atoms with E-state index in [0.717, 1.165) is 15.6 Å². The third-order valence-corrected chi connectivity index (χ3v) is 9.45. The van der Waals surface area contributed by atoms with Gasteiger partial charge in [-0.3, -0.25) is 14.4 Å². The molecule has 1 spiro atoms. The molecular formula is C35H27BrN2O5. The predicted molar refractivity (Wildman–Crippen MR) is 166 cm³/mol. The number of benzene rings is 4. The minimum Gasteiger partial charge on any atom is -0.497 e. The van der Waals surface area contributed by atoms with E-state index in [2.05, 4.69) is 21.2 Å². The van der Waals surface area contributed by atoms with Crippen molar-refractivity contribution < 1.29 is 23.9 Å².